The second-order valence-electron chi connectivity index (χ2n) is 4.09. The Hall–Kier alpha value is -1.82. The number of methoxy groups -OCH3 is 1. The van der Waals surface area contributed by atoms with Crippen molar-refractivity contribution in [2.24, 2.45) is 0 Å². The second kappa shape index (κ2) is 6.20. The molecule has 6 heteroatoms. The van der Waals surface area contributed by atoms with Gasteiger partial charge in [-0.15, -0.1) is 0 Å². The Labute approximate surface area is 107 Å². The van der Waals surface area contributed by atoms with Crippen LogP contribution in [0.5, 0.6) is 5.75 Å². The molecule has 0 saturated heterocycles. The number of aryl methyl sites for hydroxylation is 1. The molecule has 0 amide bonds. The van der Waals surface area contributed by atoms with Gasteiger partial charge in [0.15, 0.2) is 0 Å². The number of nitrogens with zero attached hydrogens (tertiary/aromatic N) is 2. The molecular weight excluding hydrogens is 234 g/mol. The molecule has 0 bridgehead atoms. The highest BCUT2D eigenvalue weighted by atomic mass is 16.6. The Bertz CT molecular complexity index is 435. The molecule has 0 aliphatic carbocycles. The standard InChI is InChI=1S/C12H19N3O3/c1-9-7-11(15(16)17)10(8-12(9)18-4)14(3)6-5-13-2/h7-8,13H,5-6H2,1-4H3. The molecule has 0 fully saturated rings. The molecule has 0 unspecified atom stereocenters. The van der Waals surface area contributed by atoms with Crippen LogP contribution in [0, 0.1) is 17.0 Å². The molecule has 18 heavy (non-hydrogen) atoms. The van der Waals surface area contributed by atoms with Crippen LogP contribution in [0.15, 0.2) is 12.1 Å². The molecule has 0 aliphatic heterocycles. The summed E-state index contributed by atoms with van der Waals surface area (Å²) in [7, 11) is 5.23. The van der Waals surface area contributed by atoms with Crippen LogP contribution in [0.3, 0.4) is 0 Å². The van der Waals surface area contributed by atoms with Crippen LogP contribution in [-0.2, 0) is 0 Å². The van der Waals surface area contributed by atoms with Gasteiger partial charge in [-0.3, -0.25) is 10.1 Å². The summed E-state index contributed by atoms with van der Waals surface area (Å²) in [5, 5.41) is 14.1. The van der Waals surface area contributed by atoms with Crippen molar-refractivity contribution in [3.8, 4) is 5.75 Å². The minimum Gasteiger partial charge on any atom is -0.496 e. The van der Waals surface area contributed by atoms with Crippen LogP contribution >= 0.6 is 0 Å². The first-order valence-electron chi connectivity index (χ1n) is 5.70. The minimum atomic E-state index is -0.363. The van der Waals surface area contributed by atoms with Crippen molar-refractivity contribution >= 4 is 11.4 Å². The highest BCUT2D eigenvalue weighted by Crippen LogP contribution is 2.34. The maximum atomic E-state index is 11.1. The van der Waals surface area contributed by atoms with E-state index in [1.807, 2.05) is 19.0 Å². The molecular formula is C12H19N3O3. The Kier molecular flexibility index (Phi) is 4.91. The fraction of sp³-hybridized carbons (Fsp3) is 0.500. The van der Waals surface area contributed by atoms with E-state index in [2.05, 4.69) is 5.32 Å². The summed E-state index contributed by atoms with van der Waals surface area (Å²) in [5.74, 6) is 0.659. The van der Waals surface area contributed by atoms with Crippen molar-refractivity contribution in [2.75, 3.05) is 39.2 Å². The molecule has 0 aromatic heterocycles. The first kappa shape index (κ1) is 14.2. The van der Waals surface area contributed by atoms with Crippen molar-refractivity contribution < 1.29 is 9.66 Å². The van der Waals surface area contributed by atoms with Crippen LogP contribution in [0.4, 0.5) is 11.4 Å². The third-order valence-electron chi connectivity index (χ3n) is 2.80. The Morgan fingerprint density at radius 2 is 2.17 bits per heavy atom. The minimum absolute atomic E-state index is 0.104. The van der Waals surface area contributed by atoms with Crippen molar-refractivity contribution in [2.45, 2.75) is 6.92 Å². The summed E-state index contributed by atoms with van der Waals surface area (Å²) in [6.07, 6.45) is 0. The maximum Gasteiger partial charge on any atom is 0.293 e. The summed E-state index contributed by atoms with van der Waals surface area (Å²) in [4.78, 5) is 12.6. The predicted molar refractivity (Wildman–Crippen MR) is 71.6 cm³/mol. The van der Waals surface area contributed by atoms with E-state index in [0.29, 0.717) is 18.0 Å². The zero-order valence-corrected chi connectivity index (χ0v) is 11.2. The normalized spacial score (nSPS) is 10.2. The molecule has 100 valence electrons. The Morgan fingerprint density at radius 3 is 2.67 bits per heavy atom. The van der Waals surface area contributed by atoms with Gasteiger partial charge in [0.1, 0.15) is 11.4 Å². The van der Waals surface area contributed by atoms with Crippen LogP contribution in [0.25, 0.3) is 0 Å². The number of anilines is 1. The summed E-state index contributed by atoms with van der Waals surface area (Å²) in [5.41, 5.74) is 1.43. The summed E-state index contributed by atoms with van der Waals surface area (Å²) in [6.45, 7) is 3.23. The van der Waals surface area contributed by atoms with Crippen molar-refractivity contribution in [1.29, 1.82) is 0 Å². The van der Waals surface area contributed by atoms with E-state index in [-0.39, 0.29) is 10.6 Å². The van der Waals surface area contributed by atoms with Gasteiger partial charge in [0.25, 0.3) is 5.69 Å². The number of hydrogen-bond acceptors (Lipinski definition) is 5. The number of rotatable bonds is 6. The van der Waals surface area contributed by atoms with E-state index < -0.39 is 0 Å². The molecule has 0 spiro atoms. The number of likely N-dealkylation sites (N-methyl/N-ethyl adjacent to an activating group) is 2. The van der Waals surface area contributed by atoms with Crippen LogP contribution in [0.2, 0.25) is 0 Å². The zero-order valence-electron chi connectivity index (χ0n) is 11.2. The molecule has 1 N–H and O–H groups in total. The maximum absolute atomic E-state index is 11.1. The van der Waals surface area contributed by atoms with Gasteiger partial charge in [0, 0.05) is 32.3 Å². The van der Waals surface area contributed by atoms with E-state index in [4.69, 9.17) is 4.74 Å². The van der Waals surface area contributed by atoms with E-state index in [1.165, 1.54) is 0 Å². The van der Waals surface area contributed by atoms with Crippen molar-refractivity contribution in [3.63, 3.8) is 0 Å². The summed E-state index contributed by atoms with van der Waals surface area (Å²) < 4.78 is 5.21. The first-order chi connectivity index (χ1) is 8.51. The van der Waals surface area contributed by atoms with Crippen LogP contribution in [0.1, 0.15) is 5.56 Å². The lowest BCUT2D eigenvalue weighted by molar-refractivity contribution is -0.384. The van der Waals surface area contributed by atoms with Crippen molar-refractivity contribution in [1.82, 2.24) is 5.32 Å². The number of nitrogens with one attached hydrogen (secondary N) is 1. The van der Waals surface area contributed by atoms with Gasteiger partial charge in [-0.05, 0) is 19.5 Å². The van der Waals surface area contributed by atoms with E-state index in [1.54, 1.807) is 26.2 Å². The SMILES string of the molecule is CNCCN(C)c1cc(OC)c(C)cc1[N+](=O)[O-]. The van der Waals surface area contributed by atoms with E-state index >= 15 is 0 Å². The smallest absolute Gasteiger partial charge is 0.293 e. The topological polar surface area (TPSA) is 67.6 Å². The van der Waals surface area contributed by atoms with Gasteiger partial charge in [-0.2, -0.15) is 0 Å². The summed E-state index contributed by atoms with van der Waals surface area (Å²) >= 11 is 0. The highest BCUT2D eigenvalue weighted by Gasteiger charge is 2.19. The van der Waals surface area contributed by atoms with Gasteiger partial charge in [-0.1, -0.05) is 0 Å². The average Bonchev–Trinajstić information content (AvgIpc) is 2.35. The average molecular weight is 253 g/mol. The fourth-order valence-electron chi connectivity index (χ4n) is 1.73. The van der Waals surface area contributed by atoms with Gasteiger partial charge in [0.05, 0.1) is 12.0 Å². The highest BCUT2D eigenvalue weighted by molar-refractivity contribution is 5.67. The van der Waals surface area contributed by atoms with Crippen LogP contribution in [-0.4, -0.2) is 39.2 Å². The molecule has 6 nitrogen and oxygen atoms in total. The number of nitro groups is 1. The Balaban J connectivity index is 3.17. The lowest BCUT2D eigenvalue weighted by atomic mass is 10.1. The molecule has 1 aromatic rings. The molecule has 0 aliphatic rings. The molecule has 0 saturated carbocycles. The Morgan fingerprint density at radius 1 is 1.50 bits per heavy atom. The van der Waals surface area contributed by atoms with Gasteiger partial charge < -0.3 is 15.0 Å². The lowest BCUT2D eigenvalue weighted by Crippen LogP contribution is -2.27. The molecule has 0 atom stereocenters. The van der Waals surface area contributed by atoms with Crippen LogP contribution < -0.4 is 15.0 Å². The third-order valence-corrected chi connectivity index (χ3v) is 2.80. The third kappa shape index (κ3) is 3.10. The number of benzene rings is 1. The number of ether oxygens (including phenoxy) is 1. The zero-order chi connectivity index (χ0) is 13.7. The van der Waals surface area contributed by atoms with Gasteiger partial charge in [-0.25, -0.2) is 0 Å². The van der Waals surface area contributed by atoms with Crippen molar-refractivity contribution in [3.05, 3.63) is 27.8 Å². The van der Waals surface area contributed by atoms with E-state index in [0.717, 1.165) is 12.1 Å². The number of hydrogen-bond donors (Lipinski definition) is 1. The van der Waals surface area contributed by atoms with Gasteiger partial charge in [0.2, 0.25) is 0 Å². The number of nitro benzene ring substituents is 1. The molecule has 0 heterocycles. The monoisotopic (exact) mass is 253 g/mol. The molecule has 1 rings (SSSR count). The molecule has 1 aromatic carbocycles. The quantitative estimate of drug-likeness (QED) is 0.615. The first-order valence-corrected chi connectivity index (χ1v) is 5.70. The lowest BCUT2D eigenvalue weighted by Gasteiger charge is -2.20. The largest absolute Gasteiger partial charge is 0.496 e. The fourth-order valence-corrected chi connectivity index (χ4v) is 1.73. The second-order valence-corrected chi connectivity index (χ2v) is 4.09. The molecule has 0 radical (unpaired) electrons. The predicted octanol–water partition coefficient (Wildman–Crippen LogP) is 1.57. The van der Waals surface area contributed by atoms with Gasteiger partial charge >= 0.3 is 0 Å². The summed E-state index contributed by atoms with van der Waals surface area (Å²) in [6, 6.07) is 3.26. The van der Waals surface area contributed by atoms with E-state index in [9.17, 15) is 10.1 Å².